The van der Waals surface area contributed by atoms with Crippen LogP contribution in [0.25, 0.3) is 27.9 Å². The number of halogens is 1. The van der Waals surface area contributed by atoms with Gasteiger partial charge in [-0.3, -0.25) is 9.98 Å². The number of rotatable bonds is 5. The number of aliphatic imine (C=N–C) groups is 1. The van der Waals surface area contributed by atoms with Gasteiger partial charge in [-0.25, -0.2) is 14.2 Å². The van der Waals surface area contributed by atoms with Gasteiger partial charge >= 0.3 is 6.09 Å². The smallest absolute Gasteiger partial charge is 0.408 e. The number of amides is 1. The number of nitrogens with one attached hydrogen (secondary N) is 1. The quantitative estimate of drug-likeness (QED) is 0.538. The highest BCUT2D eigenvalue weighted by atomic mass is 19.1. The van der Waals surface area contributed by atoms with E-state index in [1.165, 1.54) is 12.1 Å². The van der Waals surface area contributed by atoms with Crippen LogP contribution in [-0.4, -0.2) is 28.4 Å². The zero-order valence-corrected chi connectivity index (χ0v) is 18.1. The van der Waals surface area contributed by atoms with E-state index in [4.69, 9.17) is 9.72 Å². The summed E-state index contributed by atoms with van der Waals surface area (Å²) < 4.78 is 19.5. The lowest BCUT2D eigenvalue weighted by Gasteiger charge is -2.24. The Balaban J connectivity index is 2.26. The van der Waals surface area contributed by atoms with Gasteiger partial charge in [0.15, 0.2) is 0 Å². The number of benzene rings is 1. The number of carbonyl (C=O) groups is 1. The molecule has 1 atom stereocenters. The van der Waals surface area contributed by atoms with E-state index in [2.05, 4.69) is 28.6 Å². The Labute approximate surface area is 180 Å². The van der Waals surface area contributed by atoms with E-state index in [0.717, 1.165) is 0 Å². The van der Waals surface area contributed by atoms with E-state index in [1.807, 2.05) is 12.1 Å². The molecule has 1 N–H and O–H groups in total. The van der Waals surface area contributed by atoms with Crippen LogP contribution >= 0.6 is 0 Å². The molecule has 0 aliphatic rings. The number of ether oxygens (including phenoxy) is 1. The number of aromatic nitrogens is 2. The van der Waals surface area contributed by atoms with Gasteiger partial charge in [-0.05, 0) is 64.7 Å². The zero-order chi connectivity index (χ0) is 22.8. The van der Waals surface area contributed by atoms with Crippen molar-refractivity contribution in [3.8, 4) is 11.3 Å². The van der Waals surface area contributed by atoms with Crippen LogP contribution in [0.1, 0.15) is 45.0 Å². The van der Waals surface area contributed by atoms with Crippen molar-refractivity contribution in [1.82, 2.24) is 15.3 Å². The number of fused-ring (bicyclic) bond motifs is 1. The Morgan fingerprint density at radius 1 is 1.26 bits per heavy atom. The summed E-state index contributed by atoms with van der Waals surface area (Å²) in [6.45, 7) is 14.7. The lowest BCUT2D eigenvalue weighted by molar-refractivity contribution is 0.0507. The predicted molar refractivity (Wildman–Crippen MR) is 121 cm³/mol. The minimum atomic E-state index is -0.646. The van der Waals surface area contributed by atoms with Gasteiger partial charge in [0, 0.05) is 22.7 Å². The van der Waals surface area contributed by atoms with Crippen LogP contribution in [0.2, 0.25) is 0 Å². The Kier molecular flexibility index (Phi) is 6.15. The largest absolute Gasteiger partial charge is 0.444 e. The Hall–Kier alpha value is -3.61. The minimum Gasteiger partial charge on any atom is -0.444 e. The van der Waals surface area contributed by atoms with Crippen LogP contribution in [0.15, 0.2) is 54.2 Å². The third kappa shape index (κ3) is 4.94. The van der Waals surface area contributed by atoms with Gasteiger partial charge in [0.1, 0.15) is 11.4 Å². The van der Waals surface area contributed by atoms with Crippen molar-refractivity contribution in [3.63, 3.8) is 0 Å². The topological polar surface area (TPSA) is 76.5 Å². The van der Waals surface area contributed by atoms with Crippen molar-refractivity contribution in [2.24, 2.45) is 4.99 Å². The third-order valence-corrected chi connectivity index (χ3v) is 4.52. The highest BCUT2D eigenvalue weighted by Gasteiger charge is 2.25. The van der Waals surface area contributed by atoms with Crippen LogP contribution in [0.5, 0.6) is 0 Å². The number of carbonyl (C=O) groups excluding carboxylic acids is 1. The standard InChI is InChI=1S/C24H25FN4O2/c1-14(26-6)20-21(19-9-7-8-12-27-19)17-13-16(25)10-11-18(17)29-22(20)15(2)28-23(30)31-24(3,4)5/h7-13,15H,1,6H2,2-5H3,(H,28,30). The average Bonchev–Trinajstić information content (AvgIpc) is 2.70. The Bertz CT molecular complexity index is 1150. The molecule has 0 aliphatic heterocycles. The summed E-state index contributed by atoms with van der Waals surface area (Å²) in [5.74, 6) is -0.401. The van der Waals surface area contributed by atoms with E-state index in [1.54, 1.807) is 46.0 Å². The first-order chi connectivity index (χ1) is 14.6. The van der Waals surface area contributed by atoms with Crippen LogP contribution < -0.4 is 5.32 Å². The Morgan fingerprint density at radius 2 is 2.00 bits per heavy atom. The summed E-state index contributed by atoms with van der Waals surface area (Å²) >= 11 is 0. The van der Waals surface area contributed by atoms with Crippen LogP contribution in [0.3, 0.4) is 0 Å². The minimum absolute atomic E-state index is 0.340. The highest BCUT2D eigenvalue weighted by Crippen LogP contribution is 2.38. The molecule has 2 heterocycles. The van der Waals surface area contributed by atoms with Crippen LogP contribution in [0.4, 0.5) is 9.18 Å². The van der Waals surface area contributed by atoms with Crippen molar-refractivity contribution in [2.75, 3.05) is 0 Å². The van der Waals surface area contributed by atoms with Gasteiger partial charge in [0.2, 0.25) is 0 Å². The van der Waals surface area contributed by atoms with Crippen LogP contribution in [0, 0.1) is 5.82 Å². The molecule has 3 rings (SSSR count). The van der Waals surface area contributed by atoms with Crippen molar-refractivity contribution in [3.05, 3.63) is 66.2 Å². The molecular formula is C24H25FN4O2. The third-order valence-electron chi connectivity index (χ3n) is 4.52. The summed E-state index contributed by atoms with van der Waals surface area (Å²) in [5.41, 5.74) is 2.51. The first-order valence-electron chi connectivity index (χ1n) is 9.81. The first-order valence-corrected chi connectivity index (χ1v) is 9.81. The summed E-state index contributed by atoms with van der Waals surface area (Å²) in [6.07, 6.45) is 1.07. The second kappa shape index (κ2) is 8.63. The fraction of sp³-hybridized carbons (Fsp3) is 0.250. The summed E-state index contributed by atoms with van der Waals surface area (Å²) in [5, 5.41) is 3.37. The zero-order valence-electron chi connectivity index (χ0n) is 18.1. The summed E-state index contributed by atoms with van der Waals surface area (Å²) in [7, 11) is 0. The monoisotopic (exact) mass is 420 g/mol. The van der Waals surface area contributed by atoms with E-state index >= 15 is 0 Å². The molecule has 0 fully saturated rings. The molecule has 0 aliphatic carbocycles. The molecule has 0 bridgehead atoms. The molecule has 1 aromatic carbocycles. The highest BCUT2D eigenvalue weighted by molar-refractivity contribution is 6.00. The molecule has 6 nitrogen and oxygen atoms in total. The van der Waals surface area contributed by atoms with Crippen molar-refractivity contribution in [2.45, 2.75) is 39.3 Å². The second-order valence-corrected chi connectivity index (χ2v) is 8.10. The van der Waals surface area contributed by atoms with Gasteiger partial charge in [0.05, 0.1) is 28.6 Å². The van der Waals surface area contributed by atoms with E-state index in [-0.39, 0.29) is 0 Å². The molecule has 0 saturated heterocycles. The van der Waals surface area contributed by atoms with E-state index in [0.29, 0.717) is 39.1 Å². The number of hydrogen-bond donors (Lipinski definition) is 1. The normalized spacial score (nSPS) is 12.3. The molecule has 0 radical (unpaired) electrons. The predicted octanol–water partition coefficient (Wildman–Crippen LogP) is 5.69. The second-order valence-electron chi connectivity index (χ2n) is 8.10. The van der Waals surface area contributed by atoms with Crippen LogP contribution in [-0.2, 0) is 4.74 Å². The lowest BCUT2D eigenvalue weighted by Crippen LogP contribution is -2.34. The van der Waals surface area contributed by atoms with Crippen molar-refractivity contribution in [1.29, 1.82) is 0 Å². The number of nitrogens with zero attached hydrogens (tertiary/aromatic N) is 3. The Morgan fingerprint density at radius 3 is 2.61 bits per heavy atom. The maximum Gasteiger partial charge on any atom is 0.408 e. The van der Waals surface area contributed by atoms with Crippen molar-refractivity contribution >= 4 is 29.4 Å². The molecule has 3 aromatic rings. The van der Waals surface area contributed by atoms with Gasteiger partial charge in [-0.2, -0.15) is 0 Å². The number of alkyl carbamates (subject to hydrolysis) is 1. The molecular weight excluding hydrogens is 395 g/mol. The summed E-state index contributed by atoms with van der Waals surface area (Å²) in [4.78, 5) is 25.5. The van der Waals surface area contributed by atoms with Gasteiger partial charge < -0.3 is 10.1 Å². The lowest BCUT2D eigenvalue weighted by atomic mass is 9.93. The SMILES string of the molecule is C=NC(=C)c1c(C(C)NC(=O)OC(C)(C)C)nc2ccc(F)cc2c1-c1ccccn1. The molecule has 0 saturated carbocycles. The fourth-order valence-electron chi connectivity index (χ4n) is 3.27. The number of hydrogen-bond acceptors (Lipinski definition) is 5. The van der Waals surface area contributed by atoms with Gasteiger partial charge in [-0.1, -0.05) is 12.6 Å². The molecule has 160 valence electrons. The number of pyridine rings is 2. The van der Waals surface area contributed by atoms with E-state index in [9.17, 15) is 9.18 Å². The molecule has 31 heavy (non-hydrogen) atoms. The summed E-state index contributed by atoms with van der Waals surface area (Å²) in [6, 6.07) is 9.23. The van der Waals surface area contributed by atoms with Gasteiger partial charge in [-0.15, -0.1) is 0 Å². The molecule has 7 heteroatoms. The molecule has 1 unspecified atom stereocenters. The van der Waals surface area contributed by atoms with E-state index < -0.39 is 23.6 Å². The van der Waals surface area contributed by atoms with Gasteiger partial charge in [0.25, 0.3) is 0 Å². The molecule has 1 amide bonds. The first kappa shape index (κ1) is 22.1. The molecule has 0 spiro atoms. The maximum absolute atomic E-state index is 14.2. The van der Waals surface area contributed by atoms with Crippen molar-refractivity contribution < 1.29 is 13.9 Å². The maximum atomic E-state index is 14.2. The average molecular weight is 420 g/mol. The molecule has 2 aromatic heterocycles. The fourth-order valence-corrected chi connectivity index (χ4v) is 3.27.